The van der Waals surface area contributed by atoms with Crippen molar-refractivity contribution < 1.29 is 0 Å². The van der Waals surface area contributed by atoms with Crippen molar-refractivity contribution in [3.05, 3.63) is 42.2 Å². The van der Waals surface area contributed by atoms with Crippen LogP contribution in [0.25, 0.3) is 21.8 Å². The Kier molecular flexibility index (Phi) is 2.09. The molecule has 2 heterocycles. The second kappa shape index (κ2) is 3.60. The van der Waals surface area contributed by atoms with Gasteiger partial charge in [0, 0.05) is 23.2 Å². The van der Waals surface area contributed by atoms with E-state index in [0.717, 1.165) is 27.4 Å². The standard InChI is InChI=1S/C14H11N3/c1-9(7-15)10-2-3-13-12(6-10)14-11(8-17-13)4-5-16-14/h2-6,8-9,16H,1H3. The highest BCUT2D eigenvalue weighted by Crippen LogP contribution is 2.25. The zero-order valence-corrected chi connectivity index (χ0v) is 9.44. The number of fused-ring (bicyclic) bond motifs is 3. The van der Waals surface area contributed by atoms with Gasteiger partial charge < -0.3 is 4.98 Å². The number of rotatable bonds is 1. The lowest BCUT2D eigenvalue weighted by Crippen LogP contribution is -1.90. The van der Waals surface area contributed by atoms with E-state index in [4.69, 9.17) is 5.26 Å². The molecule has 0 saturated carbocycles. The van der Waals surface area contributed by atoms with Crippen molar-refractivity contribution in [2.24, 2.45) is 0 Å². The molecule has 1 N–H and O–H groups in total. The minimum atomic E-state index is -0.0929. The van der Waals surface area contributed by atoms with E-state index in [2.05, 4.69) is 22.1 Å². The Labute approximate surface area is 98.7 Å². The Balaban J connectivity index is 2.36. The van der Waals surface area contributed by atoms with Crippen LogP contribution in [0.3, 0.4) is 0 Å². The van der Waals surface area contributed by atoms with Gasteiger partial charge in [0.05, 0.1) is 23.0 Å². The van der Waals surface area contributed by atoms with E-state index in [9.17, 15) is 0 Å². The zero-order valence-electron chi connectivity index (χ0n) is 9.44. The quantitative estimate of drug-likeness (QED) is 0.685. The largest absolute Gasteiger partial charge is 0.361 e. The summed E-state index contributed by atoms with van der Waals surface area (Å²) in [6.45, 7) is 1.91. The summed E-state index contributed by atoms with van der Waals surface area (Å²) in [6.07, 6.45) is 3.77. The Morgan fingerprint density at radius 1 is 1.35 bits per heavy atom. The molecule has 1 atom stereocenters. The van der Waals surface area contributed by atoms with Crippen LogP contribution >= 0.6 is 0 Å². The van der Waals surface area contributed by atoms with Gasteiger partial charge in [-0.05, 0) is 30.7 Å². The van der Waals surface area contributed by atoms with Crippen LogP contribution in [0.15, 0.2) is 36.7 Å². The molecule has 0 amide bonds. The van der Waals surface area contributed by atoms with Crippen molar-refractivity contribution >= 4 is 21.8 Å². The molecule has 3 aromatic rings. The molecule has 1 unspecified atom stereocenters. The van der Waals surface area contributed by atoms with Crippen LogP contribution in [0.2, 0.25) is 0 Å². The third kappa shape index (κ3) is 1.46. The van der Waals surface area contributed by atoms with E-state index in [1.807, 2.05) is 37.5 Å². The zero-order chi connectivity index (χ0) is 11.8. The molecule has 0 saturated heterocycles. The number of aromatic nitrogens is 2. The topological polar surface area (TPSA) is 52.5 Å². The van der Waals surface area contributed by atoms with Gasteiger partial charge in [0.2, 0.25) is 0 Å². The van der Waals surface area contributed by atoms with Gasteiger partial charge in [-0.3, -0.25) is 4.98 Å². The van der Waals surface area contributed by atoms with Gasteiger partial charge in [-0.15, -0.1) is 0 Å². The second-order valence-electron chi connectivity index (χ2n) is 4.19. The van der Waals surface area contributed by atoms with Crippen molar-refractivity contribution in [1.82, 2.24) is 9.97 Å². The first-order valence-corrected chi connectivity index (χ1v) is 5.55. The fraction of sp³-hybridized carbons (Fsp3) is 0.143. The van der Waals surface area contributed by atoms with Crippen LogP contribution in [0.5, 0.6) is 0 Å². The number of aromatic amines is 1. The number of benzene rings is 1. The third-order valence-corrected chi connectivity index (χ3v) is 3.11. The van der Waals surface area contributed by atoms with Crippen molar-refractivity contribution in [2.45, 2.75) is 12.8 Å². The Morgan fingerprint density at radius 2 is 2.24 bits per heavy atom. The molecule has 3 nitrogen and oxygen atoms in total. The lowest BCUT2D eigenvalue weighted by Gasteiger charge is -2.05. The normalized spacial score (nSPS) is 12.7. The van der Waals surface area contributed by atoms with Gasteiger partial charge in [-0.2, -0.15) is 5.26 Å². The van der Waals surface area contributed by atoms with Crippen LogP contribution in [0.4, 0.5) is 0 Å². The van der Waals surface area contributed by atoms with E-state index in [-0.39, 0.29) is 5.92 Å². The molecule has 0 aliphatic heterocycles. The van der Waals surface area contributed by atoms with Gasteiger partial charge in [-0.25, -0.2) is 0 Å². The van der Waals surface area contributed by atoms with Gasteiger partial charge in [0.15, 0.2) is 0 Å². The molecular formula is C14H11N3. The first-order valence-electron chi connectivity index (χ1n) is 5.55. The number of nitrogens with one attached hydrogen (secondary N) is 1. The molecule has 0 spiro atoms. The Morgan fingerprint density at radius 3 is 3.06 bits per heavy atom. The molecule has 1 aromatic carbocycles. The van der Waals surface area contributed by atoms with Crippen LogP contribution in [0.1, 0.15) is 18.4 Å². The molecule has 17 heavy (non-hydrogen) atoms. The lowest BCUT2D eigenvalue weighted by molar-refractivity contribution is 0.985. The molecule has 2 aromatic heterocycles. The van der Waals surface area contributed by atoms with Gasteiger partial charge in [-0.1, -0.05) is 6.07 Å². The summed E-state index contributed by atoms with van der Waals surface area (Å²) in [4.78, 5) is 7.63. The van der Waals surface area contributed by atoms with Gasteiger partial charge >= 0.3 is 0 Å². The molecular weight excluding hydrogens is 210 g/mol. The Bertz CT molecular complexity index is 734. The minimum Gasteiger partial charge on any atom is -0.361 e. The van der Waals surface area contributed by atoms with Crippen LogP contribution in [-0.2, 0) is 0 Å². The van der Waals surface area contributed by atoms with Crippen molar-refractivity contribution in [2.75, 3.05) is 0 Å². The molecule has 0 fully saturated rings. The summed E-state index contributed by atoms with van der Waals surface area (Å²) < 4.78 is 0. The number of nitriles is 1. The fourth-order valence-electron chi connectivity index (χ4n) is 2.07. The summed E-state index contributed by atoms with van der Waals surface area (Å²) in [6, 6.07) is 10.3. The van der Waals surface area contributed by atoms with E-state index in [1.54, 1.807) is 0 Å². The predicted molar refractivity (Wildman–Crippen MR) is 67.6 cm³/mol. The number of pyridine rings is 1. The van der Waals surface area contributed by atoms with Crippen molar-refractivity contribution in [3.8, 4) is 6.07 Å². The van der Waals surface area contributed by atoms with E-state index < -0.39 is 0 Å². The highest BCUT2D eigenvalue weighted by Gasteiger charge is 2.07. The number of H-pyrrole nitrogens is 1. The maximum absolute atomic E-state index is 8.96. The minimum absolute atomic E-state index is 0.0929. The molecule has 0 aliphatic carbocycles. The lowest BCUT2D eigenvalue weighted by atomic mass is 10.00. The molecule has 3 heteroatoms. The number of nitrogens with zero attached hydrogens (tertiary/aromatic N) is 2. The summed E-state index contributed by atoms with van der Waals surface area (Å²) in [5.74, 6) is -0.0929. The first kappa shape index (κ1) is 9.86. The molecule has 3 rings (SSSR count). The molecule has 0 aliphatic rings. The molecule has 0 bridgehead atoms. The van der Waals surface area contributed by atoms with Gasteiger partial charge in [0.25, 0.3) is 0 Å². The Hall–Kier alpha value is -2.34. The monoisotopic (exact) mass is 221 g/mol. The number of hydrogen-bond acceptors (Lipinski definition) is 2. The first-order chi connectivity index (χ1) is 8.29. The van der Waals surface area contributed by atoms with E-state index >= 15 is 0 Å². The predicted octanol–water partition coefficient (Wildman–Crippen LogP) is 3.34. The van der Waals surface area contributed by atoms with Crippen LogP contribution in [-0.4, -0.2) is 9.97 Å². The summed E-state index contributed by atoms with van der Waals surface area (Å²) in [7, 11) is 0. The van der Waals surface area contributed by atoms with E-state index in [0.29, 0.717) is 0 Å². The fourth-order valence-corrected chi connectivity index (χ4v) is 2.07. The average molecular weight is 221 g/mol. The van der Waals surface area contributed by atoms with E-state index in [1.165, 1.54) is 0 Å². The maximum Gasteiger partial charge on any atom is 0.0723 e. The summed E-state index contributed by atoms with van der Waals surface area (Å²) in [5, 5.41) is 11.1. The highest BCUT2D eigenvalue weighted by atomic mass is 14.7. The van der Waals surface area contributed by atoms with Crippen LogP contribution < -0.4 is 0 Å². The molecule has 0 radical (unpaired) electrons. The van der Waals surface area contributed by atoms with Crippen LogP contribution in [0, 0.1) is 11.3 Å². The second-order valence-corrected chi connectivity index (χ2v) is 4.19. The third-order valence-electron chi connectivity index (χ3n) is 3.11. The van der Waals surface area contributed by atoms with Crippen molar-refractivity contribution in [3.63, 3.8) is 0 Å². The summed E-state index contributed by atoms with van der Waals surface area (Å²) in [5.41, 5.74) is 3.07. The average Bonchev–Trinajstić information content (AvgIpc) is 2.85. The van der Waals surface area contributed by atoms with Crippen molar-refractivity contribution in [1.29, 1.82) is 5.26 Å². The number of hydrogen-bond donors (Lipinski definition) is 1. The highest BCUT2D eigenvalue weighted by molar-refractivity contribution is 6.03. The van der Waals surface area contributed by atoms with Gasteiger partial charge in [0.1, 0.15) is 0 Å². The SMILES string of the molecule is CC(C#N)c1ccc2ncc3cc[nH]c3c2c1. The maximum atomic E-state index is 8.96. The summed E-state index contributed by atoms with van der Waals surface area (Å²) >= 11 is 0. The molecule has 82 valence electrons. The smallest absolute Gasteiger partial charge is 0.0723 e.